The van der Waals surface area contributed by atoms with Gasteiger partial charge in [-0.2, -0.15) is 13.2 Å². The van der Waals surface area contributed by atoms with Crippen molar-refractivity contribution in [2.75, 3.05) is 25.1 Å². The molecule has 1 aromatic carbocycles. The lowest BCUT2D eigenvalue weighted by atomic mass is 9.92. The topological polar surface area (TPSA) is 88.2 Å². The first-order valence-corrected chi connectivity index (χ1v) is 12.2. The highest BCUT2D eigenvalue weighted by Crippen LogP contribution is 2.44. The number of rotatable bonds is 6. The SMILES string of the molecule is COC(=O)NCCN1C(=O)C(C)(C)Oc2cc(C(F)(F)F)c(C(=O)N(C(C)C)C3CCCCC3)cc21. The van der Waals surface area contributed by atoms with Gasteiger partial charge in [-0.3, -0.25) is 9.59 Å². The average molecular weight is 514 g/mol. The molecular formula is C25H34F3N3O5. The molecule has 0 atom stereocenters. The Bertz CT molecular complexity index is 1000. The number of nitrogens with one attached hydrogen (secondary N) is 1. The molecule has 1 heterocycles. The molecule has 8 nitrogen and oxygen atoms in total. The number of nitrogens with zero attached hydrogens (tertiary/aromatic N) is 2. The first-order chi connectivity index (χ1) is 16.8. The van der Waals surface area contributed by atoms with Gasteiger partial charge in [0.2, 0.25) is 0 Å². The predicted octanol–water partition coefficient (Wildman–Crippen LogP) is 4.75. The van der Waals surface area contributed by atoms with E-state index in [-0.39, 0.29) is 36.6 Å². The second-order valence-electron chi connectivity index (χ2n) is 9.95. The van der Waals surface area contributed by atoms with Crippen LogP contribution in [0.3, 0.4) is 0 Å². The average Bonchev–Trinajstić information content (AvgIpc) is 2.80. The maximum atomic E-state index is 14.2. The molecule has 1 aliphatic heterocycles. The second kappa shape index (κ2) is 10.6. The van der Waals surface area contributed by atoms with E-state index in [1.54, 1.807) is 13.8 Å². The van der Waals surface area contributed by atoms with Crippen molar-refractivity contribution in [2.45, 2.75) is 83.7 Å². The predicted molar refractivity (Wildman–Crippen MR) is 127 cm³/mol. The number of anilines is 1. The smallest absolute Gasteiger partial charge is 0.417 e. The van der Waals surface area contributed by atoms with Gasteiger partial charge < -0.3 is 24.6 Å². The van der Waals surface area contributed by atoms with E-state index in [0.29, 0.717) is 0 Å². The van der Waals surface area contributed by atoms with E-state index in [0.717, 1.165) is 44.2 Å². The molecule has 0 aromatic heterocycles. The molecule has 1 fully saturated rings. The zero-order chi connectivity index (χ0) is 26.8. The summed E-state index contributed by atoms with van der Waals surface area (Å²) in [6.45, 7) is 6.42. The third kappa shape index (κ3) is 5.70. The van der Waals surface area contributed by atoms with Crippen LogP contribution in [-0.4, -0.2) is 60.7 Å². The van der Waals surface area contributed by atoms with E-state index in [2.05, 4.69) is 10.1 Å². The molecule has 1 saturated carbocycles. The van der Waals surface area contributed by atoms with Crippen LogP contribution in [0.4, 0.5) is 23.7 Å². The summed E-state index contributed by atoms with van der Waals surface area (Å²) in [6, 6.07) is 1.44. The normalized spacial score (nSPS) is 17.9. The highest BCUT2D eigenvalue weighted by Gasteiger charge is 2.45. The van der Waals surface area contributed by atoms with Gasteiger partial charge in [-0.1, -0.05) is 19.3 Å². The lowest BCUT2D eigenvalue weighted by Gasteiger charge is -2.40. The molecule has 0 saturated heterocycles. The van der Waals surface area contributed by atoms with Crippen LogP contribution in [0.25, 0.3) is 0 Å². The minimum Gasteiger partial charge on any atom is -0.476 e. The molecule has 2 aliphatic rings. The van der Waals surface area contributed by atoms with Crippen LogP contribution in [0.2, 0.25) is 0 Å². The number of alkyl halides is 3. The molecule has 200 valence electrons. The number of methoxy groups -OCH3 is 1. The molecule has 11 heteroatoms. The van der Waals surface area contributed by atoms with Crippen LogP contribution >= 0.6 is 0 Å². The van der Waals surface area contributed by atoms with Crippen molar-refractivity contribution < 1.29 is 37.0 Å². The Morgan fingerprint density at radius 1 is 1.22 bits per heavy atom. The van der Waals surface area contributed by atoms with Gasteiger partial charge in [0.25, 0.3) is 11.8 Å². The van der Waals surface area contributed by atoms with Gasteiger partial charge in [-0.05, 0) is 52.7 Å². The lowest BCUT2D eigenvalue weighted by Crippen LogP contribution is -2.54. The van der Waals surface area contributed by atoms with Gasteiger partial charge in [0.15, 0.2) is 5.60 Å². The molecule has 36 heavy (non-hydrogen) atoms. The number of hydrogen-bond donors (Lipinski definition) is 1. The van der Waals surface area contributed by atoms with Crippen molar-refractivity contribution in [1.82, 2.24) is 10.2 Å². The molecule has 1 N–H and O–H groups in total. The quantitative estimate of drug-likeness (QED) is 0.593. The number of alkyl carbamates (subject to hydrolysis) is 1. The summed E-state index contributed by atoms with van der Waals surface area (Å²) < 4.78 is 52.9. The van der Waals surface area contributed by atoms with Crippen LogP contribution in [0, 0.1) is 0 Å². The first-order valence-electron chi connectivity index (χ1n) is 12.2. The summed E-state index contributed by atoms with van der Waals surface area (Å²) >= 11 is 0. The summed E-state index contributed by atoms with van der Waals surface area (Å²) in [5.74, 6) is -1.39. The minimum absolute atomic E-state index is 0.0154. The Kier molecular flexibility index (Phi) is 8.10. The summed E-state index contributed by atoms with van der Waals surface area (Å²) in [5, 5.41) is 2.46. The van der Waals surface area contributed by atoms with Crippen LogP contribution < -0.4 is 15.0 Å². The van der Waals surface area contributed by atoms with Gasteiger partial charge in [0.05, 0.1) is 23.9 Å². The van der Waals surface area contributed by atoms with Crippen molar-refractivity contribution in [3.63, 3.8) is 0 Å². The molecule has 0 radical (unpaired) electrons. The number of hydrogen-bond acceptors (Lipinski definition) is 5. The van der Waals surface area contributed by atoms with Crippen LogP contribution in [0.1, 0.15) is 75.7 Å². The van der Waals surface area contributed by atoms with Crippen molar-refractivity contribution in [3.05, 3.63) is 23.3 Å². The molecule has 1 aliphatic carbocycles. The number of halogens is 3. The highest BCUT2D eigenvalue weighted by atomic mass is 19.4. The molecular weight excluding hydrogens is 479 g/mol. The number of fused-ring (bicyclic) bond motifs is 1. The van der Waals surface area contributed by atoms with E-state index in [1.165, 1.54) is 30.8 Å². The standard InChI is InChI=1S/C25H34F3N3O5/c1-15(2)31(16-9-7-6-8-10-16)21(32)17-13-19-20(14-18(17)25(26,27)28)36-24(3,4)22(33)30(19)12-11-29-23(34)35-5/h13-16H,6-12H2,1-5H3,(H,29,34). The number of amides is 3. The van der Waals surface area contributed by atoms with Crippen LogP contribution in [-0.2, 0) is 15.7 Å². The van der Waals surface area contributed by atoms with Crippen molar-refractivity contribution in [2.24, 2.45) is 0 Å². The Balaban J connectivity index is 2.10. The third-order valence-corrected chi connectivity index (χ3v) is 6.60. The van der Waals surface area contributed by atoms with Gasteiger partial charge >= 0.3 is 12.3 Å². The van der Waals surface area contributed by atoms with E-state index >= 15 is 0 Å². The summed E-state index contributed by atoms with van der Waals surface area (Å²) in [5.41, 5.74) is -3.03. The number of ether oxygens (including phenoxy) is 2. The third-order valence-electron chi connectivity index (χ3n) is 6.60. The molecule has 0 spiro atoms. The second-order valence-corrected chi connectivity index (χ2v) is 9.95. The Hall–Kier alpha value is -2.98. The fourth-order valence-electron chi connectivity index (χ4n) is 4.91. The number of carbonyl (C=O) groups excluding carboxylic acids is 3. The highest BCUT2D eigenvalue weighted by molar-refractivity contribution is 6.05. The lowest BCUT2D eigenvalue weighted by molar-refractivity contribution is -0.138. The summed E-state index contributed by atoms with van der Waals surface area (Å²) in [7, 11) is 1.19. The molecule has 1 aromatic rings. The van der Waals surface area contributed by atoms with Crippen molar-refractivity contribution >= 4 is 23.6 Å². The summed E-state index contributed by atoms with van der Waals surface area (Å²) in [4.78, 5) is 41.1. The fourth-order valence-corrected chi connectivity index (χ4v) is 4.91. The zero-order valence-corrected chi connectivity index (χ0v) is 21.3. The number of carbonyl (C=O) groups is 3. The van der Waals surface area contributed by atoms with Gasteiger partial charge in [0.1, 0.15) is 5.75 Å². The maximum absolute atomic E-state index is 14.2. The Labute approximate surface area is 209 Å². The fraction of sp³-hybridized carbons (Fsp3) is 0.640. The van der Waals surface area contributed by atoms with Crippen molar-refractivity contribution in [1.29, 1.82) is 0 Å². The van der Waals surface area contributed by atoms with Gasteiger partial charge in [-0.15, -0.1) is 0 Å². The Morgan fingerprint density at radius 3 is 2.42 bits per heavy atom. The van der Waals surface area contributed by atoms with Gasteiger partial charge in [0, 0.05) is 25.2 Å². The Morgan fingerprint density at radius 2 is 1.86 bits per heavy atom. The van der Waals surface area contributed by atoms with E-state index in [1.807, 2.05) is 0 Å². The van der Waals surface area contributed by atoms with E-state index < -0.39 is 40.8 Å². The maximum Gasteiger partial charge on any atom is 0.417 e. The zero-order valence-electron chi connectivity index (χ0n) is 21.3. The van der Waals surface area contributed by atoms with Gasteiger partial charge in [-0.25, -0.2) is 4.79 Å². The molecule has 3 amide bonds. The van der Waals surface area contributed by atoms with Crippen LogP contribution in [0.5, 0.6) is 5.75 Å². The first kappa shape index (κ1) is 27.6. The van der Waals surface area contributed by atoms with Crippen LogP contribution in [0.15, 0.2) is 12.1 Å². The largest absolute Gasteiger partial charge is 0.476 e. The van der Waals surface area contributed by atoms with E-state index in [9.17, 15) is 27.6 Å². The summed E-state index contributed by atoms with van der Waals surface area (Å²) in [6.07, 6.45) is -1.20. The minimum atomic E-state index is -4.82. The van der Waals surface area contributed by atoms with E-state index in [4.69, 9.17) is 4.74 Å². The molecule has 0 unspecified atom stereocenters. The van der Waals surface area contributed by atoms with Crippen molar-refractivity contribution in [3.8, 4) is 5.75 Å². The molecule has 3 rings (SSSR count). The molecule has 0 bridgehead atoms. The number of benzene rings is 1. The monoisotopic (exact) mass is 513 g/mol.